The first-order valence-corrected chi connectivity index (χ1v) is 13.3. The molecule has 1 aliphatic rings. The number of carbonyl (C=O) groups excluding carboxylic acids is 3. The fraction of sp³-hybridized carbons (Fsp3) is 0.679. The Balaban J connectivity index is 2.46. The Labute approximate surface area is 216 Å². The molecule has 5 atom stereocenters. The van der Waals surface area contributed by atoms with Crippen LogP contribution in [0.25, 0.3) is 0 Å². The largest absolute Gasteiger partial charge is 0.508 e. The molecule has 5 unspecified atom stereocenters. The molecule has 0 bridgehead atoms. The van der Waals surface area contributed by atoms with Crippen LogP contribution < -0.4 is 10.6 Å². The summed E-state index contributed by atoms with van der Waals surface area (Å²) in [5, 5.41) is 16.4. The minimum atomic E-state index is -1.01. The van der Waals surface area contributed by atoms with Crippen LogP contribution in [-0.2, 0) is 14.3 Å². The quantitative estimate of drug-likeness (QED) is 0.351. The van der Waals surface area contributed by atoms with Crippen LogP contribution in [0.3, 0.4) is 0 Å². The average molecular weight is 504 g/mol. The zero-order chi connectivity index (χ0) is 27.0. The van der Waals surface area contributed by atoms with Crippen molar-refractivity contribution in [1.82, 2.24) is 15.5 Å². The second-order valence-corrected chi connectivity index (χ2v) is 11.0. The number of carbonyl (C=O) groups is 3. The van der Waals surface area contributed by atoms with Gasteiger partial charge in [-0.05, 0) is 51.5 Å². The molecule has 1 aromatic carbocycles. The van der Waals surface area contributed by atoms with Gasteiger partial charge in [0, 0.05) is 18.2 Å². The second kappa shape index (κ2) is 13.0. The summed E-state index contributed by atoms with van der Waals surface area (Å²) in [5.74, 6) is -0.715. The SMILES string of the molecule is CCCCCNC(=O)C(c1ccccc1O)N(C(=O)C(NC(=O)OC(C)(C)C)C(C)CC)C1CC1C. The van der Waals surface area contributed by atoms with Crippen molar-refractivity contribution in [2.45, 2.75) is 104 Å². The standard InChI is InChI=1S/C28H45N3O5/c1-8-10-13-16-29-25(33)24(20-14-11-12-15-22(20)32)31(21-17-19(21)4)26(34)23(18(3)9-2)30-27(35)36-28(5,6)7/h11-12,14-15,18-19,21,23-24,32H,8-10,13,16-17H2,1-7H3,(H,29,33)(H,30,35). The van der Waals surface area contributed by atoms with E-state index in [-0.39, 0.29) is 35.4 Å². The predicted molar refractivity (Wildman–Crippen MR) is 140 cm³/mol. The Morgan fingerprint density at radius 2 is 1.81 bits per heavy atom. The molecule has 0 aromatic heterocycles. The number of nitrogens with zero attached hydrogens (tertiary/aromatic N) is 1. The number of hydrogen-bond donors (Lipinski definition) is 3. The van der Waals surface area contributed by atoms with Crippen LogP contribution in [0.4, 0.5) is 4.79 Å². The summed E-state index contributed by atoms with van der Waals surface area (Å²) in [5.41, 5.74) is -0.340. The maximum Gasteiger partial charge on any atom is 0.408 e. The van der Waals surface area contributed by atoms with Gasteiger partial charge in [0.2, 0.25) is 11.8 Å². The van der Waals surface area contributed by atoms with Gasteiger partial charge in [-0.2, -0.15) is 0 Å². The summed E-state index contributed by atoms with van der Waals surface area (Å²) in [6, 6.07) is 4.58. The third-order valence-electron chi connectivity index (χ3n) is 6.67. The van der Waals surface area contributed by atoms with Crippen molar-refractivity contribution < 1.29 is 24.2 Å². The van der Waals surface area contributed by atoms with Crippen LogP contribution in [0.5, 0.6) is 5.75 Å². The van der Waals surface area contributed by atoms with Gasteiger partial charge in [0.05, 0.1) is 0 Å². The molecule has 0 radical (unpaired) electrons. The number of aromatic hydroxyl groups is 1. The Kier molecular flexibility index (Phi) is 10.6. The van der Waals surface area contributed by atoms with Crippen molar-refractivity contribution in [1.29, 1.82) is 0 Å². The number of alkyl carbamates (subject to hydrolysis) is 1. The molecule has 1 saturated carbocycles. The summed E-state index contributed by atoms with van der Waals surface area (Å²) in [4.78, 5) is 42.0. The molecule has 0 saturated heterocycles. The number of benzene rings is 1. The Bertz CT molecular complexity index is 897. The summed E-state index contributed by atoms with van der Waals surface area (Å²) in [6.07, 6.45) is 3.56. The van der Waals surface area contributed by atoms with Crippen LogP contribution >= 0.6 is 0 Å². The van der Waals surface area contributed by atoms with Crippen LogP contribution in [0.1, 0.15) is 92.2 Å². The van der Waals surface area contributed by atoms with Gasteiger partial charge in [-0.15, -0.1) is 0 Å². The van der Waals surface area contributed by atoms with Crippen molar-refractivity contribution in [2.75, 3.05) is 6.54 Å². The molecule has 202 valence electrons. The van der Waals surface area contributed by atoms with E-state index in [0.717, 1.165) is 25.7 Å². The number of amides is 3. The fourth-order valence-corrected chi connectivity index (χ4v) is 4.27. The normalized spacial score (nSPS) is 19.5. The molecule has 8 heteroatoms. The molecule has 1 fully saturated rings. The Hall–Kier alpha value is -2.77. The minimum absolute atomic E-state index is 0.0440. The number of unbranched alkanes of at least 4 members (excludes halogenated alkanes) is 2. The van der Waals surface area contributed by atoms with Crippen LogP contribution in [0.15, 0.2) is 24.3 Å². The minimum Gasteiger partial charge on any atom is -0.508 e. The molecule has 0 aliphatic heterocycles. The molecule has 0 spiro atoms. The smallest absolute Gasteiger partial charge is 0.408 e. The van der Waals surface area contributed by atoms with E-state index in [9.17, 15) is 19.5 Å². The molecule has 8 nitrogen and oxygen atoms in total. The number of ether oxygens (including phenoxy) is 1. The van der Waals surface area contributed by atoms with Crippen LogP contribution in [0, 0.1) is 11.8 Å². The third-order valence-corrected chi connectivity index (χ3v) is 6.67. The highest BCUT2D eigenvalue weighted by atomic mass is 16.6. The summed E-state index contributed by atoms with van der Waals surface area (Å²) >= 11 is 0. The van der Waals surface area contributed by atoms with Crippen molar-refractivity contribution in [3.63, 3.8) is 0 Å². The van der Waals surface area contributed by atoms with Gasteiger partial charge >= 0.3 is 6.09 Å². The highest BCUT2D eigenvalue weighted by Crippen LogP contribution is 2.42. The van der Waals surface area contributed by atoms with E-state index in [0.29, 0.717) is 18.5 Å². The first-order valence-electron chi connectivity index (χ1n) is 13.3. The van der Waals surface area contributed by atoms with Crippen LogP contribution in [-0.4, -0.2) is 52.1 Å². The first-order chi connectivity index (χ1) is 16.9. The topological polar surface area (TPSA) is 108 Å². The molecule has 2 rings (SSSR count). The maximum atomic E-state index is 14.2. The molecule has 0 heterocycles. The van der Waals surface area contributed by atoms with E-state index in [1.165, 1.54) is 6.07 Å². The lowest BCUT2D eigenvalue weighted by Crippen LogP contribution is -2.56. The zero-order valence-electron chi connectivity index (χ0n) is 23.0. The molecular formula is C28H45N3O5. The third kappa shape index (κ3) is 8.14. The highest BCUT2D eigenvalue weighted by molar-refractivity contribution is 5.93. The van der Waals surface area contributed by atoms with Crippen molar-refractivity contribution in [3.8, 4) is 5.75 Å². The van der Waals surface area contributed by atoms with E-state index in [1.54, 1.807) is 43.9 Å². The first kappa shape index (κ1) is 29.5. The van der Waals surface area contributed by atoms with Crippen molar-refractivity contribution >= 4 is 17.9 Å². The van der Waals surface area contributed by atoms with E-state index in [2.05, 4.69) is 17.6 Å². The number of phenolic OH excluding ortho intramolecular Hbond substituents is 1. The second-order valence-electron chi connectivity index (χ2n) is 11.0. The summed E-state index contributed by atoms with van der Waals surface area (Å²) in [7, 11) is 0. The van der Waals surface area contributed by atoms with Crippen LogP contribution in [0.2, 0.25) is 0 Å². The number of para-hydroxylation sites is 1. The van der Waals surface area contributed by atoms with Gasteiger partial charge in [0.25, 0.3) is 0 Å². The van der Waals surface area contributed by atoms with Gasteiger partial charge in [-0.1, -0.05) is 65.2 Å². The van der Waals surface area contributed by atoms with E-state index < -0.39 is 23.8 Å². The highest BCUT2D eigenvalue weighted by Gasteiger charge is 2.49. The Morgan fingerprint density at radius 3 is 2.33 bits per heavy atom. The summed E-state index contributed by atoms with van der Waals surface area (Å²) in [6.45, 7) is 13.8. The molecule has 3 N–H and O–H groups in total. The van der Waals surface area contributed by atoms with Gasteiger partial charge in [0.1, 0.15) is 23.4 Å². The number of hydrogen-bond acceptors (Lipinski definition) is 5. The van der Waals surface area contributed by atoms with Crippen molar-refractivity contribution in [3.05, 3.63) is 29.8 Å². The molecule has 1 aliphatic carbocycles. The average Bonchev–Trinajstić information content (AvgIpc) is 3.52. The fourth-order valence-electron chi connectivity index (χ4n) is 4.27. The lowest BCUT2D eigenvalue weighted by atomic mass is 9.95. The van der Waals surface area contributed by atoms with Gasteiger partial charge in [-0.25, -0.2) is 4.79 Å². The number of nitrogens with one attached hydrogen (secondary N) is 2. The number of rotatable bonds is 12. The van der Waals surface area contributed by atoms with E-state index >= 15 is 0 Å². The lowest BCUT2D eigenvalue weighted by molar-refractivity contribution is -0.144. The monoisotopic (exact) mass is 503 g/mol. The van der Waals surface area contributed by atoms with E-state index in [4.69, 9.17) is 4.74 Å². The zero-order valence-corrected chi connectivity index (χ0v) is 23.0. The molecule has 3 amide bonds. The Morgan fingerprint density at radius 1 is 1.17 bits per heavy atom. The van der Waals surface area contributed by atoms with Gasteiger partial charge in [-0.3, -0.25) is 9.59 Å². The lowest BCUT2D eigenvalue weighted by Gasteiger charge is -2.36. The van der Waals surface area contributed by atoms with Gasteiger partial charge < -0.3 is 25.4 Å². The predicted octanol–water partition coefficient (Wildman–Crippen LogP) is 4.92. The van der Waals surface area contributed by atoms with Gasteiger partial charge in [0.15, 0.2) is 0 Å². The van der Waals surface area contributed by atoms with Crippen molar-refractivity contribution in [2.24, 2.45) is 11.8 Å². The molecule has 36 heavy (non-hydrogen) atoms. The number of phenols is 1. The summed E-state index contributed by atoms with van der Waals surface area (Å²) < 4.78 is 5.44. The molecule has 1 aromatic rings. The molecular weight excluding hydrogens is 458 g/mol. The maximum absolute atomic E-state index is 14.2. The van der Waals surface area contributed by atoms with E-state index in [1.807, 2.05) is 20.8 Å².